The molecule has 1 aliphatic rings. The highest BCUT2D eigenvalue weighted by Crippen LogP contribution is 2.44. The van der Waals surface area contributed by atoms with Crippen molar-refractivity contribution in [2.45, 2.75) is 56.9 Å². The van der Waals surface area contributed by atoms with Gasteiger partial charge in [-0.05, 0) is 31.0 Å². The molecule has 0 aromatic heterocycles. The van der Waals surface area contributed by atoms with Crippen molar-refractivity contribution >= 4 is 23.5 Å². The number of rotatable bonds is 5. The minimum atomic E-state index is -1.48. The molecule has 72 valence electrons. The fraction of sp³-hybridized carbons (Fsp3) is 1.00. The molecule has 0 N–H and O–H groups in total. The monoisotopic (exact) mass is 186 g/mol. The molecule has 0 bridgehead atoms. The SMILES string of the molecule is [B]C([B])([B])OC1(C)CC(CCCC)C1. The lowest BCUT2D eigenvalue weighted by atomic mass is 9.51. The summed E-state index contributed by atoms with van der Waals surface area (Å²) < 4.78 is 5.40. The van der Waals surface area contributed by atoms with E-state index >= 15 is 0 Å². The number of hydrogen-bond donors (Lipinski definition) is 0. The van der Waals surface area contributed by atoms with E-state index in [1.807, 2.05) is 6.92 Å². The second kappa shape index (κ2) is 4.34. The first kappa shape index (κ1) is 12.2. The molecule has 0 spiro atoms. The highest BCUT2D eigenvalue weighted by molar-refractivity contribution is 6.58. The van der Waals surface area contributed by atoms with Crippen molar-refractivity contribution in [2.75, 3.05) is 0 Å². The van der Waals surface area contributed by atoms with Crippen LogP contribution in [0.25, 0.3) is 0 Å². The fourth-order valence-corrected chi connectivity index (χ4v) is 2.37. The van der Waals surface area contributed by atoms with E-state index in [-0.39, 0.29) is 5.60 Å². The van der Waals surface area contributed by atoms with Crippen molar-refractivity contribution < 1.29 is 4.74 Å². The summed E-state index contributed by atoms with van der Waals surface area (Å²) in [5, 5.41) is -1.48. The summed E-state index contributed by atoms with van der Waals surface area (Å²) in [6, 6.07) is 0. The second-order valence-electron chi connectivity index (χ2n) is 4.82. The van der Waals surface area contributed by atoms with Crippen LogP contribution < -0.4 is 0 Å². The number of ether oxygens (including phenoxy) is 1. The van der Waals surface area contributed by atoms with Gasteiger partial charge in [-0.15, -0.1) is 0 Å². The number of unbranched alkanes of at least 4 members (excludes halogenated alkanes) is 1. The molecule has 4 heteroatoms. The zero-order valence-corrected chi connectivity index (χ0v) is 9.25. The van der Waals surface area contributed by atoms with E-state index in [4.69, 9.17) is 28.3 Å². The summed E-state index contributed by atoms with van der Waals surface area (Å²) in [6.45, 7) is 4.23. The third-order valence-corrected chi connectivity index (χ3v) is 2.83. The van der Waals surface area contributed by atoms with Crippen LogP contribution in [0.5, 0.6) is 0 Å². The van der Waals surface area contributed by atoms with Crippen LogP contribution >= 0.6 is 0 Å². The van der Waals surface area contributed by atoms with Crippen molar-refractivity contribution in [1.29, 1.82) is 0 Å². The third kappa shape index (κ3) is 3.72. The Morgan fingerprint density at radius 3 is 2.36 bits per heavy atom. The molecule has 1 fully saturated rings. The third-order valence-electron chi connectivity index (χ3n) is 2.83. The molecule has 0 saturated heterocycles. The molecule has 1 nitrogen and oxygen atoms in total. The smallest absolute Gasteiger partial charge is 0.0862 e. The van der Waals surface area contributed by atoms with Gasteiger partial charge in [0.2, 0.25) is 0 Å². The van der Waals surface area contributed by atoms with E-state index in [1.165, 1.54) is 19.3 Å². The quantitative estimate of drug-likeness (QED) is 0.590. The van der Waals surface area contributed by atoms with Crippen LogP contribution in [0.2, 0.25) is 0 Å². The molecule has 14 heavy (non-hydrogen) atoms. The normalized spacial score (nSPS) is 32.6. The van der Waals surface area contributed by atoms with Gasteiger partial charge < -0.3 is 4.74 Å². The van der Waals surface area contributed by atoms with Gasteiger partial charge in [0.1, 0.15) is 0 Å². The van der Waals surface area contributed by atoms with Crippen molar-refractivity contribution in [3.05, 3.63) is 0 Å². The molecule has 0 atom stereocenters. The Hall–Kier alpha value is 0.155. The lowest BCUT2D eigenvalue weighted by molar-refractivity contribution is -0.122. The van der Waals surface area contributed by atoms with Gasteiger partial charge in [-0.3, -0.25) is 0 Å². The van der Waals surface area contributed by atoms with Crippen LogP contribution in [0.4, 0.5) is 0 Å². The van der Waals surface area contributed by atoms with Gasteiger partial charge >= 0.3 is 0 Å². The average molecular weight is 186 g/mol. The van der Waals surface area contributed by atoms with Gasteiger partial charge in [-0.1, -0.05) is 26.2 Å². The van der Waals surface area contributed by atoms with Gasteiger partial charge in [0, 0.05) is 0 Å². The highest BCUT2D eigenvalue weighted by Gasteiger charge is 2.42. The molecule has 1 aliphatic carbocycles. The maximum Gasteiger partial charge on any atom is 0.0862 e. The van der Waals surface area contributed by atoms with E-state index < -0.39 is 5.30 Å². The Labute approximate surface area is 91.6 Å². The predicted molar refractivity (Wildman–Crippen MR) is 61.7 cm³/mol. The zero-order valence-electron chi connectivity index (χ0n) is 9.25. The zero-order chi connectivity index (χ0) is 10.8. The van der Waals surface area contributed by atoms with Crippen molar-refractivity contribution in [2.24, 2.45) is 5.92 Å². The Morgan fingerprint density at radius 1 is 1.36 bits per heavy atom. The maximum absolute atomic E-state index is 5.41. The Morgan fingerprint density at radius 2 is 1.93 bits per heavy atom. The highest BCUT2D eigenvalue weighted by atomic mass is 16.5. The molecular weight excluding hydrogens is 169 g/mol. The Kier molecular flexibility index (Phi) is 3.79. The summed E-state index contributed by atoms with van der Waals surface area (Å²) in [7, 11) is 16.2. The second-order valence-corrected chi connectivity index (χ2v) is 4.82. The van der Waals surface area contributed by atoms with Crippen LogP contribution in [-0.4, -0.2) is 34.4 Å². The van der Waals surface area contributed by atoms with E-state index in [1.54, 1.807) is 0 Å². The first-order chi connectivity index (χ1) is 6.35. The topological polar surface area (TPSA) is 9.23 Å². The summed E-state index contributed by atoms with van der Waals surface area (Å²) in [5.41, 5.74) is -0.198. The summed E-state index contributed by atoms with van der Waals surface area (Å²) in [4.78, 5) is 0. The van der Waals surface area contributed by atoms with Crippen LogP contribution in [-0.2, 0) is 4.74 Å². The molecular formula is C10H17B3O. The van der Waals surface area contributed by atoms with E-state index in [9.17, 15) is 0 Å². The van der Waals surface area contributed by atoms with Crippen LogP contribution in [0, 0.1) is 5.92 Å². The van der Waals surface area contributed by atoms with E-state index in [0.717, 1.165) is 18.8 Å². The van der Waals surface area contributed by atoms with Crippen molar-refractivity contribution in [3.63, 3.8) is 0 Å². The minimum absolute atomic E-state index is 0.198. The lowest BCUT2D eigenvalue weighted by Crippen LogP contribution is -2.51. The molecule has 0 aromatic rings. The largest absolute Gasteiger partial charge is 0.397 e. The van der Waals surface area contributed by atoms with Gasteiger partial charge in [0.15, 0.2) is 0 Å². The van der Waals surface area contributed by atoms with Crippen LogP contribution in [0.3, 0.4) is 0 Å². The molecule has 0 heterocycles. The van der Waals surface area contributed by atoms with E-state index in [2.05, 4.69) is 6.92 Å². The van der Waals surface area contributed by atoms with Gasteiger partial charge in [-0.2, -0.15) is 0 Å². The predicted octanol–water partition coefficient (Wildman–Crippen LogP) is 1.48. The molecule has 1 rings (SSSR count). The molecule has 0 aliphatic heterocycles. The fourth-order valence-electron chi connectivity index (χ4n) is 2.37. The summed E-state index contributed by atoms with van der Waals surface area (Å²) in [5.74, 6) is 0.766. The molecule has 0 amide bonds. The Bertz CT molecular complexity index is 182. The molecule has 6 radical (unpaired) electrons. The Balaban J connectivity index is 2.23. The first-order valence-electron chi connectivity index (χ1n) is 5.41. The lowest BCUT2D eigenvalue weighted by Gasteiger charge is -2.49. The molecule has 0 aromatic carbocycles. The summed E-state index contributed by atoms with van der Waals surface area (Å²) in [6.07, 6.45) is 5.88. The maximum atomic E-state index is 5.41. The standard InChI is InChI=1S/C10H17B3O/c1-3-4-5-8-6-9(2,7-8)14-10(11,12)13/h8H,3-7H2,1-2H3. The van der Waals surface area contributed by atoms with Gasteiger partial charge in [0.05, 0.1) is 29.1 Å². The minimum Gasteiger partial charge on any atom is -0.397 e. The molecule has 1 saturated carbocycles. The first-order valence-corrected chi connectivity index (χ1v) is 5.41. The van der Waals surface area contributed by atoms with Crippen LogP contribution in [0.15, 0.2) is 0 Å². The van der Waals surface area contributed by atoms with Crippen LogP contribution in [0.1, 0.15) is 46.0 Å². The van der Waals surface area contributed by atoms with E-state index in [0.29, 0.717) is 0 Å². The van der Waals surface area contributed by atoms with Crippen molar-refractivity contribution in [1.82, 2.24) is 0 Å². The van der Waals surface area contributed by atoms with Gasteiger partial charge in [0.25, 0.3) is 0 Å². The summed E-state index contributed by atoms with van der Waals surface area (Å²) >= 11 is 0. The average Bonchev–Trinajstić information content (AvgIpc) is 1.93. The number of hydrogen-bond acceptors (Lipinski definition) is 1. The van der Waals surface area contributed by atoms with Crippen molar-refractivity contribution in [3.8, 4) is 0 Å². The van der Waals surface area contributed by atoms with Gasteiger partial charge in [-0.25, -0.2) is 0 Å². The molecule has 0 unspecified atom stereocenters.